The van der Waals surface area contributed by atoms with Crippen molar-refractivity contribution in [2.75, 3.05) is 33.2 Å². The predicted octanol–water partition coefficient (Wildman–Crippen LogP) is 3.19. The average molecular weight is 269 g/mol. The van der Waals surface area contributed by atoms with E-state index in [9.17, 15) is 0 Å². The molecule has 0 aromatic heterocycles. The summed E-state index contributed by atoms with van der Waals surface area (Å²) in [6, 6.07) is 10.1. The first-order chi connectivity index (χ1) is 9.81. The molecule has 3 rings (SSSR count). The molecule has 2 heteroatoms. The Bertz CT molecular complexity index is 470. The summed E-state index contributed by atoms with van der Waals surface area (Å²) in [6.45, 7) is 5.84. The maximum Gasteiger partial charge on any atom is 0.0235 e. The quantitative estimate of drug-likeness (QED) is 0.831. The molecule has 0 unspecified atom stereocenters. The van der Waals surface area contributed by atoms with Crippen molar-refractivity contribution in [2.45, 2.75) is 32.2 Å². The van der Waals surface area contributed by atoms with E-state index < -0.39 is 0 Å². The van der Waals surface area contributed by atoms with Gasteiger partial charge in [-0.1, -0.05) is 18.2 Å². The van der Waals surface area contributed by atoms with Gasteiger partial charge in [-0.15, -0.1) is 0 Å². The monoisotopic (exact) mass is 269 g/mol. The van der Waals surface area contributed by atoms with Crippen LogP contribution in [0, 0.1) is 6.07 Å². The highest BCUT2D eigenvalue weighted by Crippen LogP contribution is 2.27. The minimum atomic E-state index is 1.09. The molecule has 0 saturated carbocycles. The van der Waals surface area contributed by atoms with Gasteiger partial charge < -0.3 is 4.90 Å². The summed E-state index contributed by atoms with van der Waals surface area (Å²) in [7, 11) is 2.21. The van der Waals surface area contributed by atoms with E-state index in [-0.39, 0.29) is 0 Å². The largest absolute Gasteiger partial charge is 0.304 e. The Morgan fingerprint density at radius 3 is 2.75 bits per heavy atom. The van der Waals surface area contributed by atoms with Crippen LogP contribution in [0.2, 0.25) is 0 Å². The van der Waals surface area contributed by atoms with E-state index in [1.165, 1.54) is 68.6 Å². The van der Waals surface area contributed by atoms with E-state index in [4.69, 9.17) is 0 Å². The molecule has 0 atom stereocenters. The lowest BCUT2D eigenvalue weighted by molar-refractivity contribution is 0.148. The Morgan fingerprint density at radius 1 is 1.15 bits per heavy atom. The third kappa shape index (κ3) is 3.50. The smallest absolute Gasteiger partial charge is 0.0235 e. The summed E-state index contributed by atoms with van der Waals surface area (Å²) < 4.78 is 0. The van der Waals surface area contributed by atoms with E-state index in [1.807, 2.05) is 0 Å². The second kappa shape index (κ2) is 6.55. The molecular weight excluding hydrogens is 244 g/mol. The number of benzene rings is 1. The molecule has 1 fully saturated rings. The number of allylic oxidation sites excluding steroid dienone is 2. The Balaban J connectivity index is 1.66. The number of hydrogen-bond donors (Lipinski definition) is 0. The van der Waals surface area contributed by atoms with Gasteiger partial charge in [-0.3, -0.25) is 4.90 Å². The SMILES string of the molecule is CN1CCN(Cc2cc[c]c(C3=CCCCC3)c2)CC1. The lowest BCUT2D eigenvalue weighted by Gasteiger charge is -2.32. The summed E-state index contributed by atoms with van der Waals surface area (Å²) in [5.74, 6) is 0. The van der Waals surface area contributed by atoms with Crippen LogP contribution in [0.5, 0.6) is 0 Å². The van der Waals surface area contributed by atoms with Crippen LogP contribution < -0.4 is 0 Å². The Hall–Kier alpha value is -1.12. The van der Waals surface area contributed by atoms with Crippen LogP contribution in [0.15, 0.2) is 24.3 Å². The fourth-order valence-electron chi connectivity index (χ4n) is 3.14. The molecule has 2 aliphatic rings. The third-order valence-corrected chi connectivity index (χ3v) is 4.50. The lowest BCUT2D eigenvalue weighted by atomic mass is 9.93. The van der Waals surface area contributed by atoms with Gasteiger partial charge in [-0.2, -0.15) is 0 Å². The Kier molecular flexibility index (Phi) is 4.54. The molecule has 1 heterocycles. The van der Waals surface area contributed by atoms with Gasteiger partial charge in [0.2, 0.25) is 0 Å². The first-order valence-electron chi connectivity index (χ1n) is 7.92. The van der Waals surface area contributed by atoms with Crippen LogP contribution in [0.25, 0.3) is 5.57 Å². The van der Waals surface area contributed by atoms with Crippen molar-refractivity contribution in [3.8, 4) is 0 Å². The molecule has 20 heavy (non-hydrogen) atoms. The predicted molar refractivity (Wildman–Crippen MR) is 84.5 cm³/mol. The first-order valence-corrected chi connectivity index (χ1v) is 7.92. The molecule has 1 aromatic rings. The maximum atomic E-state index is 3.43. The first kappa shape index (κ1) is 13.8. The molecule has 2 nitrogen and oxygen atoms in total. The standard InChI is InChI=1S/C18H25N2/c1-19-10-12-20(13-11-19)15-16-6-5-9-18(14-16)17-7-3-2-4-8-17/h5-7,14H,2-4,8,10-13,15H2,1H3. The maximum absolute atomic E-state index is 3.43. The van der Waals surface area contributed by atoms with Gasteiger partial charge >= 0.3 is 0 Å². The number of piperazine rings is 1. The van der Waals surface area contributed by atoms with Gasteiger partial charge in [-0.05, 0) is 61.6 Å². The fraction of sp³-hybridized carbons (Fsp3) is 0.556. The van der Waals surface area contributed by atoms with Gasteiger partial charge in [-0.25, -0.2) is 0 Å². The van der Waals surface area contributed by atoms with Crippen molar-refractivity contribution < 1.29 is 0 Å². The normalized spacial score (nSPS) is 21.8. The lowest BCUT2D eigenvalue weighted by Crippen LogP contribution is -2.43. The Morgan fingerprint density at radius 2 is 2.00 bits per heavy atom. The van der Waals surface area contributed by atoms with Gasteiger partial charge in [0, 0.05) is 32.7 Å². The van der Waals surface area contributed by atoms with Gasteiger partial charge in [0.1, 0.15) is 0 Å². The van der Waals surface area contributed by atoms with Crippen LogP contribution in [-0.2, 0) is 6.54 Å². The van der Waals surface area contributed by atoms with E-state index in [0.717, 1.165) is 6.54 Å². The number of hydrogen-bond acceptors (Lipinski definition) is 2. The van der Waals surface area contributed by atoms with Crippen LogP contribution in [0.3, 0.4) is 0 Å². The van der Waals surface area contributed by atoms with E-state index >= 15 is 0 Å². The van der Waals surface area contributed by atoms with Gasteiger partial charge in [0.05, 0.1) is 0 Å². The van der Waals surface area contributed by atoms with Crippen molar-refractivity contribution in [3.05, 3.63) is 41.5 Å². The van der Waals surface area contributed by atoms with Crippen molar-refractivity contribution in [2.24, 2.45) is 0 Å². The molecule has 1 aromatic carbocycles. The molecule has 1 aliphatic carbocycles. The van der Waals surface area contributed by atoms with Crippen LogP contribution in [-0.4, -0.2) is 43.0 Å². The van der Waals surface area contributed by atoms with E-state index in [1.54, 1.807) is 0 Å². The van der Waals surface area contributed by atoms with Crippen LogP contribution >= 0.6 is 0 Å². The van der Waals surface area contributed by atoms with Crippen molar-refractivity contribution in [3.63, 3.8) is 0 Å². The molecule has 0 spiro atoms. The fourth-order valence-corrected chi connectivity index (χ4v) is 3.14. The molecule has 0 amide bonds. The highest BCUT2D eigenvalue weighted by molar-refractivity contribution is 5.66. The molecule has 1 radical (unpaired) electrons. The van der Waals surface area contributed by atoms with Gasteiger partial charge in [0.15, 0.2) is 0 Å². The highest BCUT2D eigenvalue weighted by Gasteiger charge is 2.14. The third-order valence-electron chi connectivity index (χ3n) is 4.50. The molecule has 0 N–H and O–H groups in total. The zero-order valence-corrected chi connectivity index (χ0v) is 12.6. The number of rotatable bonds is 3. The number of nitrogens with zero attached hydrogens (tertiary/aromatic N) is 2. The van der Waals surface area contributed by atoms with E-state index in [0.29, 0.717) is 0 Å². The molecule has 107 valence electrons. The van der Waals surface area contributed by atoms with Crippen molar-refractivity contribution in [1.82, 2.24) is 9.80 Å². The van der Waals surface area contributed by atoms with Crippen molar-refractivity contribution >= 4 is 5.57 Å². The minimum Gasteiger partial charge on any atom is -0.304 e. The van der Waals surface area contributed by atoms with Crippen molar-refractivity contribution in [1.29, 1.82) is 0 Å². The average Bonchev–Trinajstić information content (AvgIpc) is 2.51. The van der Waals surface area contributed by atoms with Gasteiger partial charge in [0.25, 0.3) is 0 Å². The molecule has 1 saturated heterocycles. The molecule has 0 bridgehead atoms. The van der Waals surface area contributed by atoms with Crippen LogP contribution in [0.1, 0.15) is 36.8 Å². The second-order valence-corrected chi connectivity index (χ2v) is 6.17. The molecular formula is C18H25N2. The highest BCUT2D eigenvalue weighted by atomic mass is 15.2. The van der Waals surface area contributed by atoms with Crippen LogP contribution in [0.4, 0.5) is 0 Å². The summed E-state index contributed by atoms with van der Waals surface area (Å²) in [5, 5.41) is 0. The summed E-state index contributed by atoms with van der Waals surface area (Å²) >= 11 is 0. The Labute approximate surface area is 123 Å². The summed E-state index contributed by atoms with van der Waals surface area (Å²) in [4.78, 5) is 4.97. The zero-order valence-electron chi connectivity index (χ0n) is 12.6. The summed E-state index contributed by atoms with van der Waals surface area (Å²) in [5.41, 5.74) is 4.28. The topological polar surface area (TPSA) is 6.48 Å². The number of likely N-dealkylation sites (N-methyl/N-ethyl adjacent to an activating group) is 1. The molecule has 1 aliphatic heterocycles. The second-order valence-electron chi connectivity index (χ2n) is 6.17. The summed E-state index contributed by atoms with van der Waals surface area (Å²) in [6.07, 6.45) is 7.57. The van der Waals surface area contributed by atoms with E-state index in [2.05, 4.69) is 47.2 Å². The minimum absolute atomic E-state index is 1.09. The zero-order chi connectivity index (χ0) is 13.8.